The van der Waals surface area contributed by atoms with E-state index in [1.807, 2.05) is 6.07 Å². The molecule has 1 N–H and O–H groups in total. The van der Waals surface area contributed by atoms with Crippen LogP contribution in [-0.2, 0) is 4.57 Å². The first kappa shape index (κ1) is 16.3. The molecule has 9 heteroatoms. The van der Waals surface area contributed by atoms with Gasteiger partial charge in [-0.1, -0.05) is 0 Å². The van der Waals surface area contributed by atoms with Gasteiger partial charge in [0.25, 0.3) is 0 Å². The second kappa shape index (κ2) is 6.15. The molecule has 0 atom stereocenters. The van der Waals surface area contributed by atoms with Crippen LogP contribution in [0.4, 0.5) is 11.5 Å². The van der Waals surface area contributed by atoms with Crippen molar-refractivity contribution in [3.8, 4) is 0 Å². The molecule has 0 fully saturated rings. The number of anilines is 2. The van der Waals surface area contributed by atoms with Gasteiger partial charge in [0.2, 0.25) is 5.28 Å². The average molecular weight is 413 g/mol. The number of hydrogen-bond acceptors (Lipinski definition) is 6. The van der Waals surface area contributed by atoms with Crippen LogP contribution in [0.3, 0.4) is 0 Å². The lowest BCUT2D eigenvalue weighted by Gasteiger charge is -2.16. The third kappa shape index (κ3) is 3.37. The highest BCUT2D eigenvalue weighted by molar-refractivity contribution is 9.10. The largest absolute Gasteiger partial charge is 0.337 e. The van der Waals surface area contributed by atoms with E-state index >= 15 is 0 Å². The molecule has 0 aliphatic rings. The standard InChI is InChI=1S/C14H12BrClN5OP/c1-23(2,22)12-10(7-18-9-4-3-5-17-11(9)12)20-13-8(15)6-19-14(16)21-13/h3-7H,1-2H3,(H,19,20,21). The number of nitrogens with one attached hydrogen (secondary N) is 1. The van der Waals surface area contributed by atoms with E-state index in [1.165, 1.54) is 0 Å². The van der Waals surface area contributed by atoms with E-state index in [1.54, 1.807) is 38.0 Å². The van der Waals surface area contributed by atoms with Gasteiger partial charge < -0.3 is 9.88 Å². The first-order chi connectivity index (χ1) is 10.9. The van der Waals surface area contributed by atoms with Crippen molar-refractivity contribution >= 4 is 62.5 Å². The fourth-order valence-corrected chi connectivity index (χ4v) is 4.00. The first-order valence-electron chi connectivity index (χ1n) is 6.60. The van der Waals surface area contributed by atoms with Crippen LogP contribution in [0.1, 0.15) is 0 Å². The van der Waals surface area contributed by atoms with E-state index in [9.17, 15) is 4.57 Å². The number of fused-ring (bicyclic) bond motifs is 1. The van der Waals surface area contributed by atoms with E-state index < -0.39 is 7.14 Å². The summed E-state index contributed by atoms with van der Waals surface area (Å²) in [5.41, 5.74) is 1.89. The van der Waals surface area contributed by atoms with Gasteiger partial charge in [-0.25, -0.2) is 4.98 Å². The van der Waals surface area contributed by atoms with Crippen LogP contribution in [-0.4, -0.2) is 33.3 Å². The number of nitrogens with zero attached hydrogens (tertiary/aromatic N) is 4. The van der Waals surface area contributed by atoms with Crippen molar-refractivity contribution in [1.29, 1.82) is 0 Å². The molecule has 3 aromatic heterocycles. The van der Waals surface area contributed by atoms with E-state index in [0.717, 1.165) is 0 Å². The van der Waals surface area contributed by atoms with Crippen molar-refractivity contribution in [2.75, 3.05) is 18.6 Å². The molecule has 0 saturated heterocycles. The molecule has 0 amide bonds. The van der Waals surface area contributed by atoms with Crippen LogP contribution in [0.2, 0.25) is 5.28 Å². The van der Waals surface area contributed by atoms with Crippen LogP contribution in [0.25, 0.3) is 11.0 Å². The molecule has 3 rings (SSSR count). The lowest BCUT2D eigenvalue weighted by atomic mass is 10.3. The molecule has 23 heavy (non-hydrogen) atoms. The number of aromatic nitrogens is 4. The van der Waals surface area contributed by atoms with Gasteiger partial charge in [0.15, 0.2) is 0 Å². The molecule has 0 unspecified atom stereocenters. The Balaban J connectivity index is 2.21. The Bertz CT molecular complexity index is 946. The fourth-order valence-electron chi connectivity index (χ4n) is 2.20. The van der Waals surface area contributed by atoms with Gasteiger partial charge in [0, 0.05) is 12.4 Å². The molecule has 0 saturated carbocycles. The Labute approximate surface area is 146 Å². The second-order valence-corrected chi connectivity index (χ2v) is 9.54. The quantitative estimate of drug-likeness (QED) is 0.520. The number of halogens is 2. The molecule has 0 spiro atoms. The molecule has 0 bridgehead atoms. The third-order valence-electron chi connectivity index (χ3n) is 3.10. The molecule has 0 radical (unpaired) electrons. The number of pyridine rings is 2. The smallest absolute Gasteiger partial charge is 0.224 e. The summed E-state index contributed by atoms with van der Waals surface area (Å²) in [7, 11) is -2.62. The topological polar surface area (TPSA) is 80.7 Å². The van der Waals surface area contributed by atoms with Crippen molar-refractivity contribution < 1.29 is 4.57 Å². The van der Waals surface area contributed by atoms with Crippen LogP contribution >= 0.6 is 34.7 Å². The molecule has 0 aliphatic carbocycles. The predicted octanol–water partition coefficient (Wildman–Crippen LogP) is 3.83. The highest BCUT2D eigenvalue weighted by Gasteiger charge is 2.22. The normalized spacial score (nSPS) is 11.7. The zero-order valence-electron chi connectivity index (χ0n) is 12.3. The Morgan fingerprint density at radius 3 is 2.74 bits per heavy atom. The van der Waals surface area contributed by atoms with Crippen molar-refractivity contribution in [1.82, 2.24) is 19.9 Å². The number of rotatable bonds is 3. The minimum Gasteiger partial charge on any atom is -0.337 e. The van der Waals surface area contributed by atoms with Crippen molar-refractivity contribution in [3.05, 3.63) is 40.5 Å². The van der Waals surface area contributed by atoms with Crippen LogP contribution in [0, 0.1) is 0 Å². The lowest BCUT2D eigenvalue weighted by molar-refractivity contribution is 0.588. The fraction of sp³-hybridized carbons (Fsp3) is 0.143. The number of hydrogen-bond donors (Lipinski definition) is 1. The maximum atomic E-state index is 12.8. The minimum absolute atomic E-state index is 0.111. The summed E-state index contributed by atoms with van der Waals surface area (Å²) in [6.45, 7) is 3.40. The Kier molecular flexibility index (Phi) is 4.36. The van der Waals surface area contributed by atoms with E-state index in [4.69, 9.17) is 11.6 Å². The molecule has 3 aromatic rings. The molecule has 6 nitrogen and oxygen atoms in total. The summed E-state index contributed by atoms with van der Waals surface area (Å²) in [6, 6.07) is 3.63. The van der Waals surface area contributed by atoms with E-state index in [2.05, 4.69) is 41.2 Å². The van der Waals surface area contributed by atoms with Gasteiger partial charge in [-0.2, -0.15) is 4.98 Å². The third-order valence-corrected chi connectivity index (χ3v) is 5.40. The van der Waals surface area contributed by atoms with Gasteiger partial charge in [-0.15, -0.1) is 0 Å². The molecule has 118 valence electrons. The maximum Gasteiger partial charge on any atom is 0.224 e. The van der Waals surface area contributed by atoms with E-state index in [-0.39, 0.29) is 5.28 Å². The first-order valence-corrected chi connectivity index (χ1v) is 10.4. The Morgan fingerprint density at radius 1 is 1.22 bits per heavy atom. The Morgan fingerprint density at radius 2 is 2.00 bits per heavy atom. The van der Waals surface area contributed by atoms with Gasteiger partial charge in [-0.3, -0.25) is 9.97 Å². The SMILES string of the molecule is CP(C)(=O)c1c(Nc2nc(Cl)ncc2Br)cnc2cccnc12. The maximum absolute atomic E-state index is 12.8. The van der Waals surface area contributed by atoms with Crippen LogP contribution in [0.15, 0.2) is 35.2 Å². The summed E-state index contributed by atoms with van der Waals surface area (Å²) in [6.07, 6.45) is 4.83. The van der Waals surface area contributed by atoms with Gasteiger partial charge in [0.1, 0.15) is 18.5 Å². The van der Waals surface area contributed by atoms with Gasteiger partial charge in [0.05, 0.1) is 27.2 Å². The van der Waals surface area contributed by atoms with Gasteiger partial charge >= 0.3 is 0 Å². The van der Waals surface area contributed by atoms with Crippen molar-refractivity contribution in [2.45, 2.75) is 0 Å². The summed E-state index contributed by atoms with van der Waals surface area (Å²) in [5, 5.41) is 3.86. The summed E-state index contributed by atoms with van der Waals surface area (Å²) in [4.78, 5) is 16.7. The zero-order valence-corrected chi connectivity index (χ0v) is 15.5. The van der Waals surface area contributed by atoms with Crippen LogP contribution in [0.5, 0.6) is 0 Å². The molecular weight excluding hydrogens is 401 g/mol. The van der Waals surface area contributed by atoms with Crippen LogP contribution < -0.4 is 10.6 Å². The van der Waals surface area contributed by atoms with E-state index in [0.29, 0.717) is 32.3 Å². The highest BCUT2D eigenvalue weighted by Crippen LogP contribution is 2.40. The van der Waals surface area contributed by atoms with Crippen molar-refractivity contribution in [3.63, 3.8) is 0 Å². The highest BCUT2D eigenvalue weighted by atomic mass is 79.9. The average Bonchev–Trinajstić information content (AvgIpc) is 2.49. The lowest BCUT2D eigenvalue weighted by Crippen LogP contribution is -2.14. The second-order valence-electron chi connectivity index (χ2n) is 5.20. The monoisotopic (exact) mass is 411 g/mol. The van der Waals surface area contributed by atoms with Crippen molar-refractivity contribution in [2.24, 2.45) is 0 Å². The minimum atomic E-state index is -2.62. The zero-order chi connectivity index (χ0) is 16.6. The molecule has 3 heterocycles. The summed E-state index contributed by atoms with van der Waals surface area (Å²) < 4.78 is 13.4. The molecule has 0 aromatic carbocycles. The summed E-state index contributed by atoms with van der Waals surface area (Å²) >= 11 is 9.20. The predicted molar refractivity (Wildman–Crippen MR) is 96.7 cm³/mol. The molecular formula is C14H12BrClN5OP. The van der Waals surface area contributed by atoms with Gasteiger partial charge in [-0.05, 0) is 53.0 Å². The molecule has 0 aliphatic heterocycles. The summed E-state index contributed by atoms with van der Waals surface area (Å²) in [5.74, 6) is 0.469. The Hall–Kier alpha value is -1.56.